The van der Waals surface area contributed by atoms with Crippen LogP contribution in [0.1, 0.15) is 175 Å². The maximum Gasteiger partial charge on any atom is 0.252 e. The lowest BCUT2D eigenvalue weighted by Gasteiger charge is -2.51. The molecule has 3 aliphatic carbocycles. The lowest BCUT2D eigenvalue weighted by Crippen LogP contribution is -2.62. The van der Waals surface area contributed by atoms with Crippen LogP contribution in [0.2, 0.25) is 0 Å². The highest BCUT2D eigenvalue weighted by molar-refractivity contribution is 7.25. The summed E-state index contributed by atoms with van der Waals surface area (Å²) < 4.78 is 2.65. The van der Waals surface area contributed by atoms with Crippen molar-refractivity contribution in [2.75, 3.05) is 14.7 Å². The summed E-state index contributed by atoms with van der Waals surface area (Å²) in [6, 6.07) is 60.9. The van der Waals surface area contributed by atoms with Crippen LogP contribution >= 0.6 is 11.3 Å². The average molecular weight is 1080 g/mol. The Morgan fingerprint density at radius 2 is 1.00 bits per heavy atom. The zero-order valence-corrected chi connectivity index (χ0v) is 51.2. The summed E-state index contributed by atoms with van der Waals surface area (Å²) in [5.74, 6) is 0. The van der Waals surface area contributed by atoms with E-state index in [1.807, 2.05) is 11.3 Å². The molecule has 1 fully saturated rings. The molecule has 81 heavy (non-hydrogen) atoms. The van der Waals surface area contributed by atoms with E-state index in [1.54, 1.807) is 0 Å². The van der Waals surface area contributed by atoms with Gasteiger partial charge >= 0.3 is 0 Å². The van der Waals surface area contributed by atoms with Gasteiger partial charge in [0.05, 0.1) is 5.54 Å². The fraction of sp³-hybridized carbons (Fsp3) is 0.368. The molecular weight excluding hydrogens is 998 g/mol. The van der Waals surface area contributed by atoms with Gasteiger partial charge in [-0.25, -0.2) is 0 Å². The average Bonchev–Trinajstić information content (AvgIpc) is 4.11. The van der Waals surface area contributed by atoms with Gasteiger partial charge in [0, 0.05) is 71.1 Å². The van der Waals surface area contributed by atoms with E-state index < -0.39 is 0 Å². The molecule has 3 nitrogen and oxygen atoms in total. The third kappa shape index (κ3) is 7.31. The molecule has 4 heterocycles. The van der Waals surface area contributed by atoms with Crippen LogP contribution in [0.4, 0.5) is 45.5 Å². The van der Waals surface area contributed by atoms with Crippen LogP contribution in [0.25, 0.3) is 31.3 Å². The number of hydrogen-bond donors (Lipinski definition) is 0. The number of fused-ring (bicyclic) bond motifs is 12. The monoisotopic (exact) mass is 1080 g/mol. The quantitative estimate of drug-likeness (QED) is 0.163. The van der Waals surface area contributed by atoms with E-state index >= 15 is 0 Å². The maximum atomic E-state index is 2.87. The van der Waals surface area contributed by atoms with Crippen LogP contribution in [0.3, 0.4) is 0 Å². The molecule has 6 aliphatic rings. The van der Waals surface area contributed by atoms with E-state index in [0.29, 0.717) is 0 Å². The van der Waals surface area contributed by atoms with Crippen molar-refractivity contribution in [1.29, 1.82) is 0 Å². The maximum absolute atomic E-state index is 2.87. The number of nitrogens with zero attached hydrogens (tertiary/aromatic N) is 3. The lowest BCUT2D eigenvalue weighted by molar-refractivity contribution is 0.195. The Kier molecular flexibility index (Phi) is 10.8. The van der Waals surface area contributed by atoms with Gasteiger partial charge in [0.25, 0.3) is 6.71 Å². The topological polar surface area (TPSA) is 9.72 Å². The van der Waals surface area contributed by atoms with Gasteiger partial charge in [-0.05, 0) is 194 Å². The molecule has 0 N–H and O–H groups in total. The Bertz CT molecular complexity index is 4130. The molecular formula is C76H80BN3S. The molecule has 1 saturated carbocycles. The largest absolute Gasteiger partial charge is 0.334 e. The second kappa shape index (κ2) is 17.0. The number of anilines is 8. The molecule has 0 bridgehead atoms. The number of thiophene rings is 1. The van der Waals surface area contributed by atoms with Crippen LogP contribution in [0.15, 0.2) is 152 Å². The molecule has 408 valence electrons. The number of hydrogen-bond acceptors (Lipinski definition) is 4. The lowest BCUT2D eigenvalue weighted by atomic mass is 9.33. The molecule has 8 aromatic carbocycles. The summed E-state index contributed by atoms with van der Waals surface area (Å²) >= 11 is 1.92. The summed E-state index contributed by atoms with van der Waals surface area (Å²) in [7, 11) is 0. The van der Waals surface area contributed by atoms with Gasteiger partial charge < -0.3 is 14.7 Å². The van der Waals surface area contributed by atoms with Gasteiger partial charge in [0.15, 0.2) is 0 Å². The van der Waals surface area contributed by atoms with Crippen LogP contribution in [-0.4, -0.2) is 12.3 Å². The van der Waals surface area contributed by atoms with Crippen molar-refractivity contribution in [3.63, 3.8) is 0 Å². The van der Waals surface area contributed by atoms with Gasteiger partial charge in [0.2, 0.25) is 0 Å². The minimum Gasteiger partial charge on any atom is -0.334 e. The first-order valence-corrected chi connectivity index (χ1v) is 31.5. The fourth-order valence-electron chi connectivity index (χ4n) is 16.7. The first-order chi connectivity index (χ1) is 38.5. The smallest absolute Gasteiger partial charge is 0.252 e. The minimum atomic E-state index is -0.161. The summed E-state index contributed by atoms with van der Waals surface area (Å²) in [4.78, 5) is 8.36. The highest BCUT2D eigenvalue weighted by Crippen LogP contribution is 2.63. The Morgan fingerprint density at radius 1 is 0.407 bits per heavy atom. The second-order valence-corrected chi connectivity index (χ2v) is 30.9. The van der Waals surface area contributed by atoms with E-state index in [1.165, 1.54) is 159 Å². The summed E-state index contributed by atoms with van der Waals surface area (Å²) in [5.41, 5.74) is 25.9. The molecule has 3 aliphatic heterocycles. The standard InChI is InChI=1S/C76H80BN3S/c1-70(2,3)49-26-32-62-59(40-49)75(12)33-19-20-34-76(75,13)80(62)52-42-65-69-66(43-52)79(51-27-29-54-53-23-17-18-24-67(53)81-68(54)44-51)63-39-48(47-21-15-14-16-22-47)25-31-60(63)77(69)61-45-57-58(74(10,11)38-37-73(57,8)9)46-64(61)78(65)50-28-30-55-56(41-50)72(6,7)36-35-71(55,4)5/h14-18,21-32,39-46H,19-20,33-38H2,1-13H3. The van der Waals surface area contributed by atoms with Crippen molar-refractivity contribution < 1.29 is 0 Å². The van der Waals surface area contributed by atoms with Gasteiger partial charge in [-0.1, -0.05) is 187 Å². The molecule has 9 aromatic rings. The van der Waals surface area contributed by atoms with E-state index in [0.717, 1.165) is 19.3 Å². The Balaban J connectivity index is 1.09. The highest BCUT2D eigenvalue weighted by Gasteiger charge is 2.58. The molecule has 2 atom stereocenters. The van der Waals surface area contributed by atoms with Crippen LogP contribution < -0.4 is 31.1 Å². The Morgan fingerprint density at radius 3 is 1.70 bits per heavy atom. The third-order valence-corrected chi connectivity index (χ3v) is 23.2. The van der Waals surface area contributed by atoms with Crippen LogP contribution in [0.5, 0.6) is 0 Å². The van der Waals surface area contributed by atoms with Crippen molar-refractivity contribution in [2.45, 2.75) is 179 Å². The van der Waals surface area contributed by atoms with Gasteiger partial charge in [-0.3, -0.25) is 0 Å². The van der Waals surface area contributed by atoms with E-state index in [-0.39, 0.29) is 44.7 Å². The Labute approximate surface area is 487 Å². The zero-order valence-electron chi connectivity index (χ0n) is 50.4. The molecule has 15 rings (SSSR count). The van der Waals surface area contributed by atoms with E-state index in [9.17, 15) is 0 Å². The van der Waals surface area contributed by atoms with E-state index in [2.05, 4.69) is 256 Å². The van der Waals surface area contributed by atoms with Gasteiger partial charge in [-0.2, -0.15) is 0 Å². The number of rotatable bonds is 4. The molecule has 0 saturated heterocycles. The normalized spacial score (nSPS) is 22.4. The van der Waals surface area contributed by atoms with Crippen molar-refractivity contribution in [3.05, 3.63) is 185 Å². The van der Waals surface area contributed by atoms with Crippen LogP contribution in [-0.2, 0) is 32.5 Å². The van der Waals surface area contributed by atoms with Gasteiger partial charge in [-0.15, -0.1) is 11.3 Å². The van der Waals surface area contributed by atoms with E-state index in [4.69, 9.17) is 0 Å². The second-order valence-electron chi connectivity index (χ2n) is 29.8. The highest BCUT2D eigenvalue weighted by atomic mass is 32.1. The first-order valence-electron chi connectivity index (χ1n) is 30.7. The summed E-state index contributed by atoms with van der Waals surface area (Å²) in [5, 5.41) is 2.66. The number of benzene rings is 8. The Hall–Kier alpha value is -6.56. The SMILES string of the molecule is CC(C)(C)c1ccc2c(c1)C1(C)CCCCC1(C)N2c1cc2c3c(c1)N(c1ccc4c(c1)C(C)(C)CCC4(C)C)c1cc4c(cc1B3c1ccc(-c3ccccc3)cc1N2c1ccc2c(c1)sc1ccccc12)C(C)(C)CCC4(C)C. The van der Waals surface area contributed by atoms with Crippen LogP contribution in [0, 0.1) is 0 Å². The molecule has 1 aromatic heterocycles. The predicted molar refractivity (Wildman–Crippen MR) is 351 cm³/mol. The van der Waals surface area contributed by atoms with Gasteiger partial charge in [0.1, 0.15) is 0 Å². The molecule has 5 heteroatoms. The predicted octanol–water partition coefficient (Wildman–Crippen LogP) is 19.5. The minimum absolute atomic E-state index is 0.0169. The fourth-order valence-corrected chi connectivity index (χ4v) is 17.8. The summed E-state index contributed by atoms with van der Waals surface area (Å²) in [6.45, 7) is 32.4. The summed E-state index contributed by atoms with van der Waals surface area (Å²) in [6.07, 6.45) is 9.46. The zero-order chi connectivity index (χ0) is 56.1. The van der Waals surface area contributed by atoms with Crippen molar-refractivity contribution in [3.8, 4) is 11.1 Å². The molecule has 0 spiro atoms. The molecule has 0 amide bonds. The van der Waals surface area contributed by atoms with Crippen molar-refractivity contribution in [1.82, 2.24) is 0 Å². The first kappa shape index (κ1) is 51.3. The molecule has 0 radical (unpaired) electrons. The third-order valence-electron chi connectivity index (χ3n) is 22.1. The molecule has 2 unspecified atom stereocenters. The van der Waals surface area contributed by atoms with Crippen molar-refractivity contribution in [2.24, 2.45) is 0 Å². The van der Waals surface area contributed by atoms with Crippen molar-refractivity contribution >= 4 is 100 Å².